The van der Waals surface area contributed by atoms with Crippen molar-refractivity contribution in [3.05, 3.63) is 35.9 Å². The molecule has 1 rings (SSSR count). The normalized spacial score (nSPS) is 12.1. The van der Waals surface area contributed by atoms with E-state index >= 15 is 0 Å². The maximum Gasteiger partial charge on any atom is 0.220 e. The Balaban J connectivity index is 2.34. The van der Waals surface area contributed by atoms with Gasteiger partial charge in [0.2, 0.25) is 5.91 Å². The number of alkyl halides is 1. The second kappa shape index (κ2) is 7.29. The number of hydrogen-bond acceptors (Lipinski definition) is 1. The first-order valence-corrected chi connectivity index (χ1v) is 6.17. The molecular weight excluding hydrogens is 222 g/mol. The Kier molecular flexibility index (Phi) is 5.94. The van der Waals surface area contributed by atoms with Crippen LogP contribution in [-0.2, 0) is 4.79 Å². The summed E-state index contributed by atoms with van der Waals surface area (Å²) in [4.78, 5) is 11.5. The van der Waals surface area contributed by atoms with Gasteiger partial charge in [-0.3, -0.25) is 4.79 Å². The van der Waals surface area contributed by atoms with Gasteiger partial charge in [-0.05, 0) is 25.3 Å². The van der Waals surface area contributed by atoms with Crippen LogP contribution in [0, 0.1) is 0 Å². The third-order valence-corrected chi connectivity index (χ3v) is 2.73. The molecule has 1 unspecified atom stereocenters. The van der Waals surface area contributed by atoms with Crippen molar-refractivity contribution >= 4 is 17.5 Å². The fourth-order valence-electron chi connectivity index (χ4n) is 1.52. The first-order chi connectivity index (χ1) is 7.74. The summed E-state index contributed by atoms with van der Waals surface area (Å²) in [7, 11) is 0. The van der Waals surface area contributed by atoms with Gasteiger partial charge in [-0.25, -0.2) is 0 Å². The zero-order chi connectivity index (χ0) is 11.8. The Morgan fingerprint density at radius 3 is 2.62 bits per heavy atom. The molecule has 1 atom stereocenters. The van der Waals surface area contributed by atoms with Crippen LogP contribution in [0.3, 0.4) is 0 Å². The van der Waals surface area contributed by atoms with Crippen LogP contribution >= 0.6 is 11.6 Å². The highest BCUT2D eigenvalue weighted by atomic mass is 35.5. The summed E-state index contributed by atoms with van der Waals surface area (Å²) in [5, 5.41) is 2.97. The fraction of sp³-hybridized carbons (Fsp3) is 0.462. The van der Waals surface area contributed by atoms with Crippen LogP contribution in [0.5, 0.6) is 0 Å². The predicted octanol–water partition coefficient (Wildman–Crippen LogP) is 3.27. The van der Waals surface area contributed by atoms with Crippen molar-refractivity contribution < 1.29 is 4.79 Å². The van der Waals surface area contributed by atoms with Crippen molar-refractivity contribution in [2.45, 2.75) is 32.2 Å². The van der Waals surface area contributed by atoms with Gasteiger partial charge in [0.05, 0.1) is 6.04 Å². The van der Waals surface area contributed by atoms with Crippen LogP contribution in [0.25, 0.3) is 0 Å². The summed E-state index contributed by atoms with van der Waals surface area (Å²) >= 11 is 5.55. The molecular formula is C13H18ClNO. The van der Waals surface area contributed by atoms with Crippen molar-refractivity contribution in [3.8, 4) is 0 Å². The van der Waals surface area contributed by atoms with Crippen LogP contribution in [0.2, 0.25) is 0 Å². The Morgan fingerprint density at radius 2 is 2.00 bits per heavy atom. The molecule has 1 N–H and O–H groups in total. The molecule has 0 fully saturated rings. The summed E-state index contributed by atoms with van der Waals surface area (Å²) in [5.74, 6) is 0.725. The van der Waals surface area contributed by atoms with Gasteiger partial charge in [0.15, 0.2) is 0 Å². The van der Waals surface area contributed by atoms with Gasteiger partial charge in [-0.1, -0.05) is 30.3 Å². The summed E-state index contributed by atoms with van der Waals surface area (Å²) < 4.78 is 0. The predicted molar refractivity (Wildman–Crippen MR) is 67.6 cm³/mol. The van der Waals surface area contributed by atoms with E-state index in [9.17, 15) is 4.79 Å². The third-order valence-electron chi connectivity index (χ3n) is 2.46. The van der Waals surface area contributed by atoms with Crippen molar-refractivity contribution in [2.24, 2.45) is 0 Å². The minimum Gasteiger partial charge on any atom is -0.350 e. The molecule has 0 heterocycles. The van der Waals surface area contributed by atoms with Crippen LogP contribution in [0.4, 0.5) is 0 Å². The van der Waals surface area contributed by atoms with Crippen LogP contribution in [-0.4, -0.2) is 11.8 Å². The zero-order valence-electron chi connectivity index (χ0n) is 9.58. The molecule has 1 aromatic rings. The monoisotopic (exact) mass is 239 g/mol. The highest BCUT2D eigenvalue weighted by Gasteiger charge is 2.08. The summed E-state index contributed by atoms with van der Waals surface area (Å²) in [5.41, 5.74) is 1.13. The highest BCUT2D eigenvalue weighted by Crippen LogP contribution is 2.11. The van der Waals surface area contributed by atoms with Crippen LogP contribution < -0.4 is 5.32 Å². The van der Waals surface area contributed by atoms with Gasteiger partial charge in [-0.15, -0.1) is 11.6 Å². The van der Waals surface area contributed by atoms with Crippen molar-refractivity contribution in [2.75, 3.05) is 5.88 Å². The second-order valence-corrected chi connectivity index (χ2v) is 4.22. The lowest BCUT2D eigenvalue weighted by atomic mass is 10.1. The molecule has 1 amide bonds. The Bertz CT molecular complexity index is 313. The van der Waals surface area contributed by atoms with E-state index in [0.29, 0.717) is 12.3 Å². The van der Waals surface area contributed by atoms with Crippen molar-refractivity contribution in [1.82, 2.24) is 5.32 Å². The average molecular weight is 240 g/mol. The molecule has 0 saturated heterocycles. The average Bonchev–Trinajstić information content (AvgIpc) is 2.30. The van der Waals surface area contributed by atoms with Crippen molar-refractivity contribution in [1.29, 1.82) is 0 Å². The number of unbranched alkanes of at least 4 members (excludes halogenated alkanes) is 1. The minimum absolute atomic E-state index is 0.0738. The molecule has 0 aromatic heterocycles. The van der Waals surface area contributed by atoms with E-state index in [1.165, 1.54) is 0 Å². The Hall–Kier alpha value is -1.02. The number of amides is 1. The second-order valence-electron chi connectivity index (χ2n) is 3.85. The molecule has 0 radical (unpaired) electrons. The maximum absolute atomic E-state index is 11.5. The number of carbonyl (C=O) groups excluding carboxylic acids is 1. The van der Waals surface area contributed by atoms with Crippen LogP contribution in [0.1, 0.15) is 37.8 Å². The first kappa shape index (κ1) is 13.0. The number of hydrogen-bond donors (Lipinski definition) is 1. The van der Waals surface area contributed by atoms with E-state index in [-0.39, 0.29) is 11.9 Å². The van der Waals surface area contributed by atoms with Crippen molar-refractivity contribution in [3.63, 3.8) is 0 Å². The van der Waals surface area contributed by atoms with Gasteiger partial charge in [-0.2, -0.15) is 0 Å². The molecule has 2 nitrogen and oxygen atoms in total. The summed E-state index contributed by atoms with van der Waals surface area (Å²) in [6.45, 7) is 1.99. The first-order valence-electron chi connectivity index (χ1n) is 5.64. The van der Waals surface area contributed by atoms with E-state index in [1.54, 1.807) is 0 Å². The van der Waals surface area contributed by atoms with Gasteiger partial charge < -0.3 is 5.32 Å². The topological polar surface area (TPSA) is 29.1 Å². The molecule has 3 heteroatoms. The van der Waals surface area contributed by atoms with E-state index in [1.807, 2.05) is 37.3 Å². The molecule has 0 bridgehead atoms. The van der Waals surface area contributed by atoms with E-state index in [4.69, 9.17) is 11.6 Å². The quantitative estimate of drug-likeness (QED) is 0.599. The third kappa shape index (κ3) is 4.67. The molecule has 0 aliphatic rings. The SMILES string of the molecule is CC(NC(=O)CCCCCl)c1ccccc1. The Morgan fingerprint density at radius 1 is 1.31 bits per heavy atom. The molecule has 88 valence electrons. The molecule has 0 saturated carbocycles. The smallest absolute Gasteiger partial charge is 0.220 e. The van der Waals surface area contributed by atoms with Crippen LogP contribution in [0.15, 0.2) is 30.3 Å². The largest absolute Gasteiger partial charge is 0.350 e. The molecule has 1 aromatic carbocycles. The van der Waals surface area contributed by atoms with E-state index in [0.717, 1.165) is 18.4 Å². The number of benzene rings is 1. The lowest BCUT2D eigenvalue weighted by molar-refractivity contribution is -0.121. The fourth-order valence-corrected chi connectivity index (χ4v) is 1.71. The minimum atomic E-state index is 0.0738. The molecule has 0 aliphatic carbocycles. The lowest BCUT2D eigenvalue weighted by Gasteiger charge is -2.13. The summed E-state index contributed by atoms with van der Waals surface area (Å²) in [6.07, 6.45) is 2.31. The highest BCUT2D eigenvalue weighted by molar-refractivity contribution is 6.17. The van der Waals surface area contributed by atoms with Gasteiger partial charge in [0.25, 0.3) is 0 Å². The maximum atomic E-state index is 11.5. The number of rotatable bonds is 6. The lowest BCUT2D eigenvalue weighted by Crippen LogP contribution is -2.26. The molecule has 0 aliphatic heterocycles. The Labute approximate surface area is 102 Å². The standard InChI is InChI=1S/C13H18ClNO/c1-11(12-7-3-2-4-8-12)15-13(16)9-5-6-10-14/h2-4,7-8,11H,5-6,9-10H2,1H3,(H,15,16). The van der Waals surface area contributed by atoms with E-state index < -0.39 is 0 Å². The van der Waals surface area contributed by atoms with Gasteiger partial charge >= 0.3 is 0 Å². The summed E-state index contributed by atoms with van der Waals surface area (Å²) in [6, 6.07) is 10.0. The van der Waals surface area contributed by atoms with Gasteiger partial charge in [0, 0.05) is 12.3 Å². The number of carbonyl (C=O) groups is 1. The zero-order valence-corrected chi connectivity index (χ0v) is 10.3. The van der Waals surface area contributed by atoms with Gasteiger partial charge in [0.1, 0.15) is 0 Å². The number of nitrogens with one attached hydrogen (secondary N) is 1. The molecule has 0 spiro atoms. The number of halogens is 1. The van der Waals surface area contributed by atoms with E-state index in [2.05, 4.69) is 5.32 Å². The molecule has 16 heavy (non-hydrogen) atoms.